The van der Waals surface area contributed by atoms with Gasteiger partial charge in [0, 0.05) is 76.3 Å². The Bertz CT molecular complexity index is 8.00. The summed E-state index contributed by atoms with van der Waals surface area (Å²) in [7, 11) is 0. The van der Waals surface area contributed by atoms with Gasteiger partial charge in [-0.15, -0.1) is 0 Å². The molecule has 0 aromatic carbocycles. The number of hydrogen-bond acceptors (Lipinski definition) is 0. The maximum Gasteiger partial charge on any atom is 0 e. The second kappa shape index (κ2) is 18.1. The summed E-state index contributed by atoms with van der Waals surface area (Å²) < 4.78 is 0. The molecule has 30 valence electrons. The van der Waals surface area contributed by atoms with Crippen LogP contribution in [0.2, 0.25) is 0 Å². The van der Waals surface area contributed by atoms with E-state index in [2.05, 4.69) is 0 Å². The second-order valence-electron chi connectivity index (χ2n) is 0. The molecule has 0 spiro atoms. The van der Waals surface area contributed by atoms with Gasteiger partial charge in [0.15, 0.2) is 0 Å². The minimum Gasteiger partial charge on any atom is 0 e. The van der Waals surface area contributed by atoms with Crippen molar-refractivity contribution in [2.75, 3.05) is 0 Å². The van der Waals surface area contributed by atoms with Crippen molar-refractivity contribution in [3.05, 3.63) is 0 Å². The molecule has 0 unspecified atom stereocenters. The Labute approximate surface area is 75.4 Å². The molecule has 0 saturated heterocycles. The zero-order chi connectivity index (χ0) is 0. The Morgan fingerprint density at radius 3 is 1.00 bits per heavy atom. The second-order valence-corrected chi connectivity index (χ2v) is 0. The Morgan fingerprint density at radius 2 is 1.00 bits per heavy atom. The summed E-state index contributed by atoms with van der Waals surface area (Å²) in [6.45, 7) is 0. The first-order chi connectivity index (χ1) is 0. The predicted molar refractivity (Wildman–Crippen MR) is 0 cm³/mol. The molecule has 0 heterocycles. The van der Waals surface area contributed by atoms with Gasteiger partial charge < -0.3 is 0 Å². The van der Waals surface area contributed by atoms with Gasteiger partial charge in [0.2, 0.25) is 0 Å². The van der Waals surface area contributed by atoms with E-state index < -0.39 is 0 Å². The van der Waals surface area contributed by atoms with Crippen molar-refractivity contribution < 1.29 is 76.3 Å². The molecule has 0 fully saturated rings. The molecule has 0 aromatic rings. The average molecular weight is 378 g/mol. The predicted octanol–water partition coefficient (Wildman–Crippen LogP) is -0.0100. The van der Waals surface area contributed by atoms with E-state index in [1.54, 1.807) is 0 Å². The van der Waals surface area contributed by atoms with Crippen LogP contribution in [0.15, 0.2) is 0 Å². The third-order valence-electron chi connectivity index (χ3n) is 0. The summed E-state index contributed by atoms with van der Waals surface area (Å²) in [4.78, 5) is 0. The Kier molecular flexibility index (Phi) is 146. The SMILES string of the molecule is [Au].[Cr].[Cu].[Zn]. The Balaban J connectivity index is 0. The first-order valence-electron chi connectivity index (χ1n) is 0. The molecule has 0 aliphatic carbocycles. The maximum absolute atomic E-state index is 0. The molecule has 0 atom stereocenters. The molecule has 0 nitrogen and oxygen atoms in total. The van der Waals surface area contributed by atoms with Crippen LogP contribution >= 0.6 is 0 Å². The van der Waals surface area contributed by atoms with Crippen LogP contribution in [-0.2, 0) is 76.3 Å². The normalized spacial score (nSPS) is 0. The smallest absolute Gasteiger partial charge is 0 e. The van der Waals surface area contributed by atoms with Crippen LogP contribution in [0, 0.1) is 0 Å². The molecule has 0 aromatic heterocycles. The minimum atomic E-state index is 0. The standard InChI is InChI=1S/Au.Cr.Cu.Zn. The fourth-order valence-corrected chi connectivity index (χ4v) is 0. The molecule has 0 rings (SSSR count). The van der Waals surface area contributed by atoms with E-state index in [1.165, 1.54) is 0 Å². The largest absolute Gasteiger partial charge is 0 e. The molecule has 4 heteroatoms. The van der Waals surface area contributed by atoms with Gasteiger partial charge in [-0.25, -0.2) is 0 Å². The summed E-state index contributed by atoms with van der Waals surface area (Å²) in [5.41, 5.74) is 0. The third kappa shape index (κ3) is 8.83. The van der Waals surface area contributed by atoms with Crippen molar-refractivity contribution in [2.45, 2.75) is 0 Å². The van der Waals surface area contributed by atoms with Crippen LogP contribution in [-0.4, -0.2) is 0 Å². The van der Waals surface area contributed by atoms with Crippen LogP contribution in [0.4, 0.5) is 0 Å². The van der Waals surface area contributed by atoms with Gasteiger partial charge in [0.05, 0.1) is 0 Å². The van der Waals surface area contributed by atoms with Crippen LogP contribution < -0.4 is 0 Å². The first-order valence-corrected chi connectivity index (χ1v) is 0. The summed E-state index contributed by atoms with van der Waals surface area (Å²) in [6, 6.07) is 0. The molecule has 2 radical (unpaired) electrons. The summed E-state index contributed by atoms with van der Waals surface area (Å²) >= 11 is 0. The summed E-state index contributed by atoms with van der Waals surface area (Å²) in [6.07, 6.45) is 0. The number of rotatable bonds is 0. The monoisotopic (exact) mass is 376 g/mol. The molecular weight excluding hydrogens is 378 g/mol. The van der Waals surface area contributed by atoms with Gasteiger partial charge in [-0.1, -0.05) is 0 Å². The molecule has 0 N–H and O–H groups in total. The fraction of sp³-hybridized carbons (Fsp3) is 0. The molecule has 0 amide bonds. The summed E-state index contributed by atoms with van der Waals surface area (Å²) in [5, 5.41) is 0. The van der Waals surface area contributed by atoms with Gasteiger partial charge in [0.25, 0.3) is 0 Å². The van der Waals surface area contributed by atoms with Gasteiger partial charge >= 0.3 is 0 Å². The van der Waals surface area contributed by atoms with E-state index in [-0.39, 0.29) is 76.3 Å². The van der Waals surface area contributed by atoms with Crippen molar-refractivity contribution in [3.63, 3.8) is 0 Å². The topological polar surface area (TPSA) is 0 Å². The zero-order valence-corrected chi connectivity index (χ0v) is 9.07. The third-order valence-corrected chi connectivity index (χ3v) is 0. The van der Waals surface area contributed by atoms with Crippen molar-refractivity contribution in [2.24, 2.45) is 0 Å². The molecule has 0 aliphatic rings. The minimum absolute atomic E-state index is 0. The first kappa shape index (κ1) is 32.2. The van der Waals surface area contributed by atoms with Gasteiger partial charge in [-0.3, -0.25) is 0 Å². The van der Waals surface area contributed by atoms with E-state index >= 15 is 0 Å². The van der Waals surface area contributed by atoms with E-state index in [1.807, 2.05) is 0 Å². The Morgan fingerprint density at radius 1 is 1.00 bits per heavy atom. The van der Waals surface area contributed by atoms with Crippen LogP contribution in [0.1, 0.15) is 0 Å². The fourth-order valence-electron chi connectivity index (χ4n) is 0. The van der Waals surface area contributed by atoms with Crippen molar-refractivity contribution >= 4 is 0 Å². The number of hydrogen-bond donors (Lipinski definition) is 0. The zero-order valence-electron chi connectivity index (χ0n) is 1.72. The molecular formula is AuCrCuZn. The maximum atomic E-state index is 0. The molecule has 4 heavy (non-hydrogen) atoms. The van der Waals surface area contributed by atoms with Crippen LogP contribution in [0.5, 0.6) is 0 Å². The van der Waals surface area contributed by atoms with Crippen molar-refractivity contribution in [3.8, 4) is 0 Å². The van der Waals surface area contributed by atoms with E-state index in [0.717, 1.165) is 0 Å². The van der Waals surface area contributed by atoms with Crippen LogP contribution in [0.25, 0.3) is 0 Å². The van der Waals surface area contributed by atoms with Gasteiger partial charge in [-0.2, -0.15) is 0 Å². The van der Waals surface area contributed by atoms with Crippen molar-refractivity contribution in [1.82, 2.24) is 0 Å². The van der Waals surface area contributed by atoms with Crippen LogP contribution in [0.3, 0.4) is 0 Å². The molecule has 0 bridgehead atoms. The van der Waals surface area contributed by atoms with E-state index in [0.29, 0.717) is 0 Å². The van der Waals surface area contributed by atoms with Gasteiger partial charge in [-0.05, 0) is 0 Å². The average Bonchev–Trinajstić information content (AvgIpc) is 0. The van der Waals surface area contributed by atoms with Crippen molar-refractivity contribution in [1.29, 1.82) is 0 Å². The quantitative estimate of drug-likeness (QED) is 0.521. The van der Waals surface area contributed by atoms with E-state index in [9.17, 15) is 0 Å². The molecule has 0 aliphatic heterocycles. The van der Waals surface area contributed by atoms with Gasteiger partial charge in [0.1, 0.15) is 0 Å². The molecule has 0 saturated carbocycles. The van der Waals surface area contributed by atoms with E-state index in [4.69, 9.17) is 0 Å². The summed E-state index contributed by atoms with van der Waals surface area (Å²) in [5.74, 6) is 0. The Hall–Kier alpha value is 2.42.